The quantitative estimate of drug-likeness (QED) is 0.645. The summed E-state index contributed by atoms with van der Waals surface area (Å²) in [6, 6.07) is 6.22. The molecule has 28 heavy (non-hydrogen) atoms. The fourth-order valence-corrected chi connectivity index (χ4v) is 3.17. The van der Waals surface area contributed by atoms with Crippen molar-refractivity contribution in [3.8, 4) is 0 Å². The van der Waals surface area contributed by atoms with Crippen molar-refractivity contribution in [2.75, 3.05) is 11.9 Å². The van der Waals surface area contributed by atoms with Crippen molar-refractivity contribution in [3.63, 3.8) is 0 Å². The molecule has 2 atom stereocenters. The summed E-state index contributed by atoms with van der Waals surface area (Å²) in [5.41, 5.74) is 1.31. The highest BCUT2D eigenvalue weighted by molar-refractivity contribution is 5.95. The van der Waals surface area contributed by atoms with Gasteiger partial charge < -0.3 is 15.4 Å². The second-order valence-corrected chi connectivity index (χ2v) is 7.11. The molecule has 0 aliphatic heterocycles. The summed E-state index contributed by atoms with van der Waals surface area (Å²) in [5, 5.41) is 7.62. The number of urea groups is 1. The van der Waals surface area contributed by atoms with E-state index in [-0.39, 0.29) is 18.4 Å². The molecule has 8 nitrogen and oxygen atoms in total. The molecule has 3 N–H and O–H groups in total. The first-order valence-electron chi connectivity index (χ1n) is 9.46. The van der Waals surface area contributed by atoms with E-state index in [4.69, 9.17) is 4.74 Å². The van der Waals surface area contributed by atoms with Crippen LogP contribution in [0, 0.1) is 5.92 Å². The molecule has 4 amide bonds. The maximum absolute atomic E-state index is 11.9. The number of rotatable bonds is 6. The van der Waals surface area contributed by atoms with E-state index in [9.17, 15) is 19.2 Å². The van der Waals surface area contributed by atoms with Crippen molar-refractivity contribution in [3.05, 3.63) is 29.8 Å². The van der Waals surface area contributed by atoms with E-state index in [2.05, 4.69) is 22.9 Å². The molecule has 1 aromatic rings. The molecular formula is C20H27N3O5. The Morgan fingerprint density at radius 3 is 2.39 bits per heavy atom. The molecule has 1 aliphatic rings. The number of nitrogens with one attached hydrogen (secondary N) is 3. The predicted molar refractivity (Wildman–Crippen MR) is 104 cm³/mol. The molecular weight excluding hydrogens is 362 g/mol. The molecule has 0 unspecified atom stereocenters. The Balaban J connectivity index is 1.69. The summed E-state index contributed by atoms with van der Waals surface area (Å²) in [7, 11) is 0. The van der Waals surface area contributed by atoms with Crippen LogP contribution in [0.3, 0.4) is 0 Å². The molecule has 0 spiro atoms. The normalized spacial score (nSPS) is 18.6. The molecule has 0 radical (unpaired) electrons. The predicted octanol–water partition coefficient (Wildman–Crippen LogP) is 2.14. The number of ether oxygens (including phenoxy) is 1. The minimum absolute atomic E-state index is 0.0145. The van der Waals surface area contributed by atoms with Gasteiger partial charge in [-0.05, 0) is 36.5 Å². The van der Waals surface area contributed by atoms with Gasteiger partial charge in [0.15, 0.2) is 6.61 Å². The molecule has 0 saturated heterocycles. The first kappa shape index (κ1) is 21.4. The standard InChI is InChI=1S/C20H27N3O5/c1-13-5-3-4-6-17(13)22-20(27)23-18(25)12-28-19(26)11-15-7-9-16(10-8-15)21-14(2)24/h7-10,13,17H,3-6,11-12H2,1-2H3,(H,21,24)(H2,22,23,25,27)/t13-,17-/m0/s1. The van der Waals surface area contributed by atoms with E-state index in [1.165, 1.54) is 6.92 Å². The van der Waals surface area contributed by atoms with Gasteiger partial charge in [0.25, 0.3) is 5.91 Å². The number of amides is 4. The number of hydrogen-bond donors (Lipinski definition) is 3. The fourth-order valence-electron chi connectivity index (χ4n) is 3.17. The van der Waals surface area contributed by atoms with Crippen molar-refractivity contribution in [2.45, 2.75) is 52.0 Å². The second kappa shape index (κ2) is 10.4. The Kier molecular flexibility index (Phi) is 7.98. The van der Waals surface area contributed by atoms with Crippen LogP contribution >= 0.6 is 0 Å². The Morgan fingerprint density at radius 1 is 1.07 bits per heavy atom. The Morgan fingerprint density at radius 2 is 1.75 bits per heavy atom. The van der Waals surface area contributed by atoms with Gasteiger partial charge in [-0.2, -0.15) is 0 Å². The molecule has 1 fully saturated rings. The first-order valence-corrected chi connectivity index (χ1v) is 9.46. The molecule has 0 bridgehead atoms. The lowest BCUT2D eigenvalue weighted by atomic mass is 9.86. The van der Waals surface area contributed by atoms with Crippen LogP contribution in [0.5, 0.6) is 0 Å². The molecule has 8 heteroatoms. The number of imide groups is 1. The zero-order valence-corrected chi connectivity index (χ0v) is 16.2. The van der Waals surface area contributed by atoms with E-state index >= 15 is 0 Å². The SMILES string of the molecule is CC(=O)Nc1ccc(CC(=O)OCC(=O)NC(=O)N[C@H]2CCCC[C@@H]2C)cc1. The number of carbonyl (C=O) groups excluding carboxylic acids is 4. The Hall–Kier alpha value is -2.90. The van der Waals surface area contributed by atoms with Crippen LogP contribution in [0.15, 0.2) is 24.3 Å². The third-order valence-corrected chi connectivity index (χ3v) is 4.67. The number of hydrogen-bond acceptors (Lipinski definition) is 5. The Labute approximate surface area is 164 Å². The average Bonchev–Trinajstić information content (AvgIpc) is 2.63. The van der Waals surface area contributed by atoms with E-state index in [1.807, 2.05) is 0 Å². The highest BCUT2D eigenvalue weighted by atomic mass is 16.5. The van der Waals surface area contributed by atoms with Gasteiger partial charge in [0.2, 0.25) is 5.91 Å². The molecule has 1 aliphatic carbocycles. The summed E-state index contributed by atoms with van der Waals surface area (Å²) in [4.78, 5) is 46.5. The zero-order chi connectivity index (χ0) is 20.5. The number of esters is 1. The van der Waals surface area contributed by atoms with Crippen molar-refractivity contribution < 1.29 is 23.9 Å². The molecule has 152 valence electrons. The van der Waals surface area contributed by atoms with Crippen molar-refractivity contribution >= 4 is 29.5 Å². The molecule has 0 aromatic heterocycles. The monoisotopic (exact) mass is 389 g/mol. The van der Waals surface area contributed by atoms with Gasteiger partial charge in [-0.3, -0.25) is 19.7 Å². The van der Waals surface area contributed by atoms with Gasteiger partial charge in [-0.15, -0.1) is 0 Å². The highest BCUT2D eigenvalue weighted by Crippen LogP contribution is 2.23. The van der Waals surface area contributed by atoms with Gasteiger partial charge in [-0.25, -0.2) is 4.79 Å². The third kappa shape index (κ3) is 7.38. The fraction of sp³-hybridized carbons (Fsp3) is 0.500. The van der Waals surface area contributed by atoms with Crippen LogP contribution in [0.1, 0.15) is 45.1 Å². The molecule has 1 saturated carbocycles. The first-order chi connectivity index (χ1) is 13.3. The average molecular weight is 389 g/mol. The summed E-state index contributed by atoms with van der Waals surface area (Å²) in [5.74, 6) is -1.05. The Bertz CT molecular complexity index is 717. The molecule has 0 heterocycles. The molecule has 2 rings (SSSR count). The van der Waals surface area contributed by atoms with Gasteiger partial charge in [-0.1, -0.05) is 31.9 Å². The number of benzene rings is 1. The summed E-state index contributed by atoms with van der Waals surface area (Å²) >= 11 is 0. The van der Waals surface area contributed by atoms with Crippen molar-refractivity contribution in [2.24, 2.45) is 5.92 Å². The maximum atomic E-state index is 11.9. The van der Waals surface area contributed by atoms with E-state index in [1.54, 1.807) is 24.3 Å². The topological polar surface area (TPSA) is 114 Å². The van der Waals surface area contributed by atoms with Gasteiger partial charge in [0.05, 0.1) is 6.42 Å². The van der Waals surface area contributed by atoms with Crippen molar-refractivity contribution in [1.82, 2.24) is 10.6 Å². The van der Waals surface area contributed by atoms with Gasteiger partial charge >= 0.3 is 12.0 Å². The van der Waals surface area contributed by atoms with Crippen LogP contribution in [0.25, 0.3) is 0 Å². The minimum atomic E-state index is -0.671. The molecule has 1 aromatic carbocycles. The smallest absolute Gasteiger partial charge is 0.321 e. The van der Waals surface area contributed by atoms with Crippen LogP contribution in [0.4, 0.5) is 10.5 Å². The highest BCUT2D eigenvalue weighted by Gasteiger charge is 2.23. The summed E-state index contributed by atoms with van der Waals surface area (Å²) in [6.45, 7) is 2.97. The van der Waals surface area contributed by atoms with Gasteiger partial charge in [0.1, 0.15) is 0 Å². The van der Waals surface area contributed by atoms with Crippen molar-refractivity contribution in [1.29, 1.82) is 0 Å². The van der Waals surface area contributed by atoms with E-state index in [0.29, 0.717) is 17.2 Å². The number of anilines is 1. The summed E-state index contributed by atoms with van der Waals surface area (Å²) in [6.07, 6.45) is 4.17. The third-order valence-electron chi connectivity index (χ3n) is 4.67. The van der Waals surface area contributed by atoms with Crippen LogP contribution in [-0.4, -0.2) is 36.5 Å². The lowest BCUT2D eigenvalue weighted by Gasteiger charge is -2.29. The largest absolute Gasteiger partial charge is 0.455 e. The zero-order valence-electron chi connectivity index (χ0n) is 16.2. The number of carbonyl (C=O) groups is 4. The lowest BCUT2D eigenvalue weighted by molar-refractivity contribution is -0.147. The van der Waals surface area contributed by atoms with E-state index < -0.39 is 24.5 Å². The summed E-state index contributed by atoms with van der Waals surface area (Å²) < 4.78 is 4.91. The van der Waals surface area contributed by atoms with Crippen LogP contribution < -0.4 is 16.0 Å². The lowest BCUT2D eigenvalue weighted by Crippen LogP contribution is -2.48. The second-order valence-electron chi connectivity index (χ2n) is 7.11. The van der Waals surface area contributed by atoms with E-state index in [0.717, 1.165) is 25.7 Å². The van der Waals surface area contributed by atoms with Crippen LogP contribution in [-0.2, 0) is 25.5 Å². The minimum Gasteiger partial charge on any atom is -0.455 e. The van der Waals surface area contributed by atoms with Crippen LogP contribution in [0.2, 0.25) is 0 Å². The maximum Gasteiger partial charge on any atom is 0.321 e. The van der Waals surface area contributed by atoms with Gasteiger partial charge in [0, 0.05) is 18.7 Å².